The van der Waals surface area contributed by atoms with Crippen molar-refractivity contribution in [3.63, 3.8) is 0 Å². The zero-order valence-electron chi connectivity index (χ0n) is 19.0. The Balaban J connectivity index is 0.000000260. The van der Waals surface area contributed by atoms with Crippen molar-refractivity contribution in [3.8, 4) is 0 Å². The fraction of sp³-hybridized carbons (Fsp3) is 0.696. The molecular formula is C23H39NO2. The molecule has 0 bridgehead atoms. The lowest BCUT2D eigenvalue weighted by molar-refractivity contribution is 0.335. The molecule has 3 heteroatoms. The van der Waals surface area contributed by atoms with Crippen molar-refractivity contribution >= 4 is 0 Å². The highest BCUT2D eigenvalue weighted by molar-refractivity contribution is 5.18. The van der Waals surface area contributed by atoms with Crippen LogP contribution in [0.3, 0.4) is 0 Å². The molecule has 0 saturated heterocycles. The van der Waals surface area contributed by atoms with Gasteiger partial charge in [0.25, 0.3) is 0 Å². The normalized spacial score (nSPS) is 13.4. The predicted molar refractivity (Wildman–Crippen MR) is 110 cm³/mol. The molecule has 3 nitrogen and oxygen atoms in total. The van der Waals surface area contributed by atoms with Gasteiger partial charge in [0, 0.05) is 21.7 Å². The zero-order valence-corrected chi connectivity index (χ0v) is 19.0. The van der Waals surface area contributed by atoms with Crippen LogP contribution in [0, 0.1) is 0 Å². The molecule has 0 aliphatic heterocycles. The molecule has 0 N–H and O–H groups in total. The van der Waals surface area contributed by atoms with Gasteiger partial charge < -0.3 is 8.83 Å². The van der Waals surface area contributed by atoms with E-state index in [0.29, 0.717) is 0 Å². The van der Waals surface area contributed by atoms with Crippen LogP contribution in [-0.2, 0) is 21.7 Å². The van der Waals surface area contributed by atoms with Gasteiger partial charge in [-0.05, 0) is 12.1 Å². The molecule has 2 aromatic rings. The Kier molecular flexibility index (Phi) is 6.28. The van der Waals surface area contributed by atoms with Crippen molar-refractivity contribution in [2.75, 3.05) is 0 Å². The zero-order chi connectivity index (χ0) is 20.6. The Bertz CT molecular complexity index is 573. The van der Waals surface area contributed by atoms with Gasteiger partial charge in [0.2, 0.25) is 0 Å². The standard InChI is InChI=1S/C12H20O.C11H19NO/c1-11(2,3)9-7-8-10(13-9)12(4,5)6;1-10(2,3)8-7-12-9(13-8)11(4,5)6/h7-8H,1-6H3;7H,1-6H3. The summed E-state index contributed by atoms with van der Waals surface area (Å²) in [5.74, 6) is 3.91. The van der Waals surface area contributed by atoms with E-state index in [2.05, 4.69) is 100 Å². The molecule has 0 aliphatic rings. The first-order chi connectivity index (χ1) is 11.4. The molecule has 2 heterocycles. The second kappa shape index (κ2) is 7.25. The maximum Gasteiger partial charge on any atom is 0.199 e. The average Bonchev–Trinajstić information content (AvgIpc) is 3.06. The average molecular weight is 362 g/mol. The molecular weight excluding hydrogens is 322 g/mol. The largest absolute Gasteiger partial charge is 0.465 e. The van der Waals surface area contributed by atoms with Crippen molar-refractivity contribution in [1.29, 1.82) is 0 Å². The Morgan fingerprint density at radius 2 is 0.923 bits per heavy atom. The van der Waals surface area contributed by atoms with Crippen LogP contribution in [0.1, 0.15) is 106 Å². The van der Waals surface area contributed by atoms with E-state index < -0.39 is 0 Å². The first-order valence-corrected chi connectivity index (χ1v) is 9.50. The highest BCUT2D eigenvalue weighted by atomic mass is 16.4. The summed E-state index contributed by atoms with van der Waals surface area (Å²) in [5, 5.41) is 0. The summed E-state index contributed by atoms with van der Waals surface area (Å²) < 4.78 is 11.5. The van der Waals surface area contributed by atoms with E-state index in [1.54, 1.807) is 0 Å². The van der Waals surface area contributed by atoms with Gasteiger partial charge in [-0.25, -0.2) is 4.98 Å². The molecule has 0 radical (unpaired) electrons. The van der Waals surface area contributed by atoms with Crippen molar-refractivity contribution in [3.05, 3.63) is 41.5 Å². The van der Waals surface area contributed by atoms with Crippen LogP contribution >= 0.6 is 0 Å². The highest BCUT2D eigenvalue weighted by Gasteiger charge is 2.25. The Hall–Kier alpha value is -1.51. The van der Waals surface area contributed by atoms with Crippen LogP contribution < -0.4 is 0 Å². The summed E-state index contributed by atoms with van der Waals surface area (Å²) in [6.45, 7) is 25.7. The lowest BCUT2D eigenvalue weighted by Crippen LogP contribution is -2.12. The van der Waals surface area contributed by atoms with Crippen molar-refractivity contribution in [1.82, 2.24) is 4.98 Å². The third kappa shape index (κ3) is 6.34. The number of hydrogen-bond acceptors (Lipinski definition) is 3. The number of rotatable bonds is 0. The van der Waals surface area contributed by atoms with E-state index in [1.165, 1.54) is 0 Å². The van der Waals surface area contributed by atoms with E-state index in [-0.39, 0.29) is 21.7 Å². The number of aromatic nitrogens is 1. The van der Waals surface area contributed by atoms with E-state index in [4.69, 9.17) is 8.83 Å². The summed E-state index contributed by atoms with van der Waals surface area (Å²) in [4.78, 5) is 4.29. The van der Waals surface area contributed by atoms with Gasteiger partial charge in [-0.2, -0.15) is 0 Å². The smallest absolute Gasteiger partial charge is 0.199 e. The number of nitrogens with zero attached hydrogens (tertiary/aromatic N) is 1. The second-order valence-corrected chi connectivity index (χ2v) is 11.2. The van der Waals surface area contributed by atoms with Crippen LogP contribution in [0.2, 0.25) is 0 Å². The van der Waals surface area contributed by atoms with Crippen LogP contribution in [0.25, 0.3) is 0 Å². The summed E-state index contributed by atoms with van der Waals surface area (Å²) >= 11 is 0. The third-order valence-electron chi connectivity index (χ3n) is 3.97. The van der Waals surface area contributed by atoms with Gasteiger partial charge in [0.05, 0.1) is 6.20 Å². The quantitative estimate of drug-likeness (QED) is 0.500. The maximum atomic E-state index is 5.81. The topological polar surface area (TPSA) is 39.2 Å². The van der Waals surface area contributed by atoms with Crippen molar-refractivity contribution in [2.24, 2.45) is 0 Å². The summed E-state index contributed by atoms with van der Waals surface area (Å²) in [7, 11) is 0. The van der Waals surface area contributed by atoms with Gasteiger partial charge in [-0.15, -0.1) is 0 Å². The molecule has 0 saturated carbocycles. The number of hydrogen-bond donors (Lipinski definition) is 0. The minimum Gasteiger partial charge on any atom is -0.465 e. The molecule has 2 aromatic heterocycles. The lowest BCUT2D eigenvalue weighted by Gasteiger charge is -2.17. The minimum atomic E-state index is 0.00347. The van der Waals surface area contributed by atoms with Gasteiger partial charge in [0.15, 0.2) is 5.89 Å². The molecule has 0 fully saturated rings. The fourth-order valence-corrected chi connectivity index (χ4v) is 2.11. The Labute approximate surface area is 160 Å². The van der Waals surface area contributed by atoms with Crippen molar-refractivity contribution in [2.45, 2.75) is 105 Å². The van der Waals surface area contributed by atoms with Crippen LogP contribution in [0.5, 0.6) is 0 Å². The van der Waals surface area contributed by atoms with Gasteiger partial charge in [-0.1, -0.05) is 83.1 Å². The van der Waals surface area contributed by atoms with Gasteiger partial charge in [-0.3, -0.25) is 0 Å². The van der Waals surface area contributed by atoms with E-state index in [1.807, 2.05) is 6.20 Å². The van der Waals surface area contributed by atoms with E-state index in [9.17, 15) is 0 Å². The summed E-state index contributed by atoms with van der Waals surface area (Å²) in [6.07, 6.45) is 1.83. The summed E-state index contributed by atoms with van der Waals surface area (Å²) in [6, 6.07) is 4.17. The predicted octanol–water partition coefficient (Wildman–Crippen LogP) is 7.14. The fourth-order valence-electron chi connectivity index (χ4n) is 2.11. The molecule has 0 aliphatic carbocycles. The molecule has 2 rings (SSSR count). The van der Waals surface area contributed by atoms with Crippen LogP contribution in [-0.4, -0.2) is 4.98 Å². The second-order valence-electron chi connectivity index (χ2n) is 11.2. The molecule has 0 amide bonds. The molecule has 0 unspecified atom stereocenters. The number of oxazole rings is 1. The molecule has 26 heavy (non-hydrogen) atoms. The Morgan fingerprint density at radius 1 is 0.538 bits per heavy atom. The molecule has 0 atom stereocenters. The monoisotopic (exact) mass is 361 g/mol. The minimum absolute atomic E-state index is 0.00347. The van der Waals surface area contributed by atoms with Crippen LogP contribution in [0.15, 0.2) is 27.2 Å². The molecule has 0 aromatic carbocycles. The SMILES string of the molecule is CC(C)(C)c1ccc(C(C)(C)C)o1.CC(C)(C)c1cnc(C(C)(C)C)o1. The van der Waals surface area contributed by atoms with E-state index >= 15 is 0 Å². The molecule has 0 spiro atoms. The Morgan fingerprint density at radius 3 is 1.12 bits per heavy atom. The first kappa shape index (κ1) is 22.5. The first-order valence-electron chi connectivity index (χ1n) is 9.50. The van der Waals surface area contributed by atoms with Gasteiger partial charge >= 0.3 is 0 Å². The van der Waals surface area contributed by atoms with Gasteiger partial charge in [0.1, 0.15) is 17.3 Å². The van der Waals surface area contributed by atoms with Crippen LogP contribution in [0.4, 0.5) is 0 Å². The number of furan rings is 1. The maximum absolute atomic E-state index is 5.81. The lowest BCUT2D eigenvalue weighted by atomic mass is 9.93. The highest BCUT2D eigenvalue weighted by Crippen LogP contribution is 2.30. The summed E-state index contributed by atoms with van der Waals surface area (Å²) in [5.41, 5.74) is 0.285. The van der Waals surface area contributed by atoms with Crippen molar-refractivity contribution < 1.29 is 8.83 Å². The third-order valence-corrected chi connectivity index (χ3v) is 3.97. The van der Waals surface area contributed by atoms with E-state index in [0.717, 1.165) is 23.2 Å². The molecule has 148 valence electrons.